The SMILES string of the molecule is CCNC(=O)C1CCCN(c2nc3ncn(CC(=O)Nc4ccc(F)c(F)c4)c(=O)c3s2)C1. The van der Waals surface area contributed by atoms with Crippen molar-refractivity contribution in [3.8, 4) is 0 Å². The van der Waals surface area contributed by atoms with Crippen molar-refractivity contribution in [3.05, 3.63) is 46.5 Å². The fourth-order valence-corrected chi connectivity index (χ4v) is 4.70. The van der Waals surface area contributed by atoms with Crippen molar-refractivity contribution in [2.75, 3.05) is 29.9 Å². The van der Waals surface area contributed by atoms with Crippen molar-refractivity contribution >= 4 is 44.3 Å². The van der Waals surface area contributed by atoms with Crippen molar-refractivity contribution < 1.29 is 18.4 Å². The molecule has 2 N–H and O–H groups in total. The molecular weight excluding hydrogens is 454 g/mol. The molecule has 1 fully saturated rings. The van der Waals surface area contributed by atoms with Crippen LogP contribution < -0.4 is 21.1 Å². The highest BCUT2D eigenvalue weighted by molar-refractivity contribution is 7.22. The van der Waals surface area contributed by atoms with Gasteiger partial charge in [-0.1, -0.05) is 11.3 Å². The van der Waals surface area contributed by atoms with Gasteiger partial charge in [0.05, 0.1) is 5.92 Å². The molecule has 3 heterocycles. The van der Waals surface area contributed by atoms with E-state index in [4.69, 9.17) is 0 Å². The van der Waals surface area contributed by atoms with Crippen LogP contribution in [0.3, 0.4) is 0 Å². The Bertz CT molecular complexity index is 1260. The molecule has 0 saturated carbocycles. The minimum Gasteiger partial charge on any atom is -0.356 e. The Labute approximate surface area is 191 Å². The Morgan fingerprint density at radius 1 is 1.27 bits per heavy atom. The summed E-state index contributed by atoms with van der Waals surface area (Å²) in [6.07, 6.45) is 2.86. The largest absolute Gasteiger partial charge is 0.356 e. The van der Waals surface area contributed by atoms with Gasteiger partial charge in [0.25, 0.3) is 5.56 Å². The highest BCUT2D eigenvalue weighted by Crippen LogP contribution is 2.29. The fraction of sp³-hybridized carbons (Fsp3) is 0.381. The average molecular weight is 477 g/mol. The van der Waals surface area contributed by atoms with E-state index >= 15 is 0 Å². The van der Waals surface area contributed by atoms with Crippen LogP contribution in [0.1, 0.15) is 19.8 Å². The van der Waals surface area contributed by atoms with Crippen LogP contribution in [-0.4, -0.2) is 46.0 Å². The number of benzene rings is 1. The number of fused-ring (bicyclic) bond motifs is 1. The predicted octanol–water partition coefficient (Wildman–Crippen LogP) is 2.12. The van der Waals surface area contributed by atoms with Crippen molar-refractivity contribution in [2.24, 2.45) is 5.92 Å². The maximum Gasteiger partial charge on any atom is 0.273 e. The quantitative estimate of drug-likeness (QED) is 0.564. The number of piperidine rings is 1. The van der Waals surface area contributed by atoms with Gasteiger partial charge in [-0.05, 0) is 31.9 Å². The Kier molecular flexibility index (Phi) is 6.63. The second kappa shape index (κ2) is 9.61. The smallest absolute Gasteiger partial charge is 0.273 e. The first-order chi connectivity index (χ1) is 15.9. The third-order valence-electron chi connectivity index (χ3n) is 5.30. The number of nitrogens with zero attached hydrogens (tertiary/aromatic N) is 4. The van der Waals surface area contributed by atoms with E-state index in [0.29, 0.717) is 22.9 Å². The Balaban J connectivity index is 1.50. The van der Waals surface area contributed by atoms with Gasteiger partial charge in [-0.15, -0.1) is 0 Å². The number of carbonyl (C=O) groups is 2. The zero-order valence-electron chi connectivity index (χ0n) is 17.8. The molecule has 0 radical (unpaired) electrons. The monoisotopic (exact) mass is 476 g/mol. The maximum absolute atomic E-state index is 13.3. The van der Waals surface area contributed by atoms with Crippen molar-refractivity contribution in [1.82, 2.24) is 19.9 Å². The number of hydrogen-bond acceptors (Lipinski definition) is 7. The van der Waals surface area contributed by atoms with E-state index in [1.807, 2.05) is 11.8 Å². The van der Waals surface area contributed by atoms with Crippen LogP contribution in [-0.2, 0) is 16.1 Å². The summed E-state index contributed by atoms with van der Waals surface area (Å²) < 4.78 is 27.8. The molecular formula is C21H22F2N6O3S. The topological polar surface area (TPSA) is 109 Å². The van der Waals surface area contributed by atoms with Crippen LogP contribution in [0.5, 0.6) is 0 Å². The molecule has 2 aromatic heterocycles. The highest BCUT2D eigenvalue weighted by Gasteiger charge is 2.27. The number of amides is 2. The standard InChI is InChI=1S/C21H22F2N6O3S/c1-2-24-19(31)12-4-3-7-28(9-12)21-27-18-17(33-21)20(32)29(11-25-18)10-16(30)26-13-5-6-14(22)15(23)8-13/h5-6,8,11-12H,2-4,7,9-10H2,1H3,(H,24,31)(H,26,30). The molecule has 0 spiro atoms. The van der Waals surface area contributed by atoms with E-state index in [1.54, 1.807) is 0 Å². The number of aromatic nitrogens is 3. The molecule has 174 valence electrons. The summed E-state index contributed by atoms with van der Waals surface area (Å²) in [4.78, 5) is 48.0. The number of nitrogens with one attached hydrogen (secondary N) is 2. The van der Waals surface area contributed by atoms with Crippen molar-refractivity contribution in [3.63, 3.8) is 0 Å². The lowest BCUT2D eigenvalue weighted by atomic mass is 9.97. The molecule has 12 heteroatoms. The van der Waals surface area contributed by atoms with Crippen LogP contribution in [0, 0.1) is 17.6 Å². The van der Waals surface area contributed by atoms with Crippen molar-refractivity contribution in [1.29, 1.82) is 0 Å². The van der Waals surface area contributed by atoms with Gasteiger partial charge < -0.3 is 15.5 Å². The van der Waals surface area contributed by atoms with E-state index in [1.165, 1.54) is 23.7 Å². The normalized spacial score (nSPS) is 16.1. The lowest BCUT2D eigenvalue weighted by Gasteiger charge is -2.31. The van der Waals surface area contributed by atoms with Gasteiger partial charge in [0.15, 0.2) is 22.4 Å². The number of rotatable bonds is 6. The third kappa shape index (κ3) is 5.00. The van der Waals surface area contributed by atoms with Gasteiger partial charge in [-0.3, -0.25) is 19.0 Å². The zero-order valence-corrected chi connectivity index (χ0v) is 18.6. The molecule has 1 atom stereocenters. The molecule has 0 bridgehead atoms. The molecule has 9 nitrogen and oxygen atoms in total. The summed E-state index contributed by atoms with van der Waals surface area (Å²) in [6, 6.07) is 2.99. The summed E-state index contributed by atoms with van der Waals surface area (Å²) in [5.74, 6) is -2.83. The molecule has 0 aliphatic carbocycles. The molecule has 4 rings (SSSR count). The minimum atomic E-state index is -1.09. The van der Waals surface area contributed by atoms with Gasteiger partial charge in [-0.25, -0.2) is 13.8 Å². The second-order valence-corrected chi connectivity index (χ2v) is 8.66. The number of halogens is 2. The molecule has 3 aromatic rings. The Morgan fingerprint density at radius 2 is 2.09 bits per heavy atom. The minimum absolute atomic E-state index is 0.0100. The lowest BCUT2D eigenvalue weighted by molar-refractivity contribution is -0.125. The Hall–Kier alpha value is -3.41. The van der Waals surface area contributed by atoms with Crippen LogP contribution >= 0.6 is 11.3 Å². The first-order valence-electron chi connectivity index (χ1n) is 10.5. The van der Waals surface area contributed by atoms with Gasteiger partial charge in [0.2, 0.25) is 11.8 Å². The number of hydrogen-bond donors (Lipinski definition) is 2. The number of carbonyl (C=O) groups excluding carboxylic acids is 2. The van der Waals surface area contributed by atoms with Gasteiger partial charge in [-0.2, -0.15) is 4.98 Å². The molecule has 2 amide bonds. The van der Waals surface area contributed by atoms with Crippen LogP contribution in [0.15, 0.2) is 29.3 Å². The summed E-state index contributed by atoms with van der Waals surface area (Å²) >= 11 is 1.17. The molecule has 1 aromatic carbocycles. The van der Waals surface area contributed by atoms with E-state index in [9.17, 15) is 23.2 Å². The predicted molar refractivity (Wildman–Crippen MR) is 120 cm³/mol. The Morgan fingerprint density at radius 3 is 2.85 bits per heavy atom. The first-order valence-corrected chi connectivity index (χ1v) is 11.3. The summed E-state index contributed by atoms with van der Waals surface area (Å²) in [7, 11) is 0. The van der Waals surface area contributed by atoms with E-state index in [0.717, 1.165) is 36.1 Å². The molecule has 1 aliphatic heterocycles. The van der Waals surface area contributed by atoms with E-state index in [-0.39, 0.29) is 29.7 Å². The van der Waals surface area contributed by atoms with Crippen LogP contribution in [0.2, 0.25) is 0 Å². The van der Waals surface area contributed by atoms with Crippen LogP contribution in [0.4, 0.5) is 19.6 Å². The molecule has 1 unspecified atom stereocenters. The van der Waals surface area contributed by atoms with Gasteiger partial charge in [0, 0.05) is 31.4 Å². The highest BCUT2D eigenvalue weighted by atomic mass is 32.1. The van der Waals surface area contributed by atoms with Gasteiger partial charge >= 0.3 is 0 Å². The molecule has 33 heavy (non-hydrogen) atoms. The first kappa shape index (κ1) is 22.8. The summed E-state index contributed by atoms with van der Waals surface area (Å²) in [6.45, 7) is 3.33. The maximum atomic E-state index is 13.3. The second-order valence-electron chi connectivity index (χ2n) is 7.68. The van der Waals surface area contributed by atoms with Gasteiger partial charge in [0.1, 0.15) is 17.6 Å². The van der Waals surface area contributed by atoms with E-state index < -0.39 is 23.1 Å². The summed E-state index contributed by atoms with van der Waals surface area (Å²) in [5.41, 5.74) is -0.0771. The zero-order chi connectivity index (χ0) is 23.5. The number of anilines is 2. The van der Waals surface area contributed by atoms with Crippen LogP contribution in [0.25, 0.3) is 10.3 Å². The molecule has 1 aliphatic rings. The third-order valence-corrected chi connectivity index (χ3v) is 6.40. The summed E-state index contributed by atoms with van der Waals surface area (Å²) in [5, 5.41) is 5.88. The average Bonchev–Trinajstić information content (AvgIpc) is 3.24. The van der Waals surface area contributed by atoms with Crippen molar-refractivity contribution in [2.45, 2.75) is 26.3 Å². The fourth-order valence-electron chi connectivity index (χ4n) is 3.70. The van der Waals surface area contributed by atoms with E-state index in [2.05, 4.69) is 20.6 Å². The lowest BCUT2D eigenvalue weighted by Crippen LogP contribution is -2.43. The number of thiazole rings is 1. The molecule has 1 saturated heterocycles.